The largest absolute Gasteiger partial charge is 0.459 e. The summed E-state index contributed by atoms with van der Waals surface area (Å²) >= 11 is 7.57. The summed E-state index contributed by atoms with van der Waals surface area (Å²) in [6.45, 7) is 4.66. The summed E-state index contributed by atoms with van der Waals surface area (Å²) in [4.78, 5) is 30.0. The number of hydrogen-bond acceptors (Lipinski definition) is 8. The SMILES string of the molecule is CCCOCC1C[C@]2(CC(C)(c3csc(Nc4ccccc4Cl)n3)OC2=O)C(=O)O1. The Balaban J connectivity index is 1.50. The third-order valence-corrected chi connectivity index (χ3v) is 6.49. The lowest BCUT2D eigenvalue weighted by atomic mass is 9.78. The van der Waals surface area contributed by atoms with Gasteiger partial charge in [-0.05, 0) is 25.5 Å². The van der Waals surface area contributed by atoms with Gasteiger partial charge in [0.25, 0.3) is 0 Å². The topological polar surface area (TPSA) is 86.8 Å². The second kappa shape index (κ2) is 8.17. The van der Waals surface area contributed by atoms with Crippen molar-refractivity contribution in [1.29, 1.82) is 0 Å². The van der Waals surface area contributed by atoms with Gasteiger partial charge in [0.05, 0.1) is 23.0 Å². The minimum absolute atomic E-state index is 0.192. The molecule has 7 nitrogen and oxygen atoms in total. The van der Waals surface area contributed by atoms with Gasteiger partial charge in [-0.3, -0.25) is 9.59 Å². The van der Waals surface area contributed by atoms with Crippen LogP contribution in [0, 0.1) is 5.41 Å². The molecule has 1 aromatic carbocycles. The van der Waals surface area contributed by atoms with Gasteiger partial charge < -0.3 is 19.5 Å². The first-order valence-electron chi connectivity index (χ1n) is 9.86. The smallest absolute Gasteiger partial charge is 0.324 e. The molecule has 9 heteroatoms. The number of esters is 2. The van der Waals surface area contributed by atoms with Crippen molar-refractivity contribution in [3.05, 3.63) is 40.4 Å². The zero-order chi connectivity index (χ0) is 21.4. The van der Waals surface area contributed by atoms with Crippen LogP contribution >= 0.6 is 22.9 Å². The second-order valence-corrected chi connectivity index (χ2v) is 9.09. The molecule has 2 unspecified atom stereocenters. The fourth-order valence-corrected chi connectivity index (χ4v) is 4.95. The number of cyclic esters (lactones) is 2. The number of benzene rings is 1. The predicted molar refractivity (Wildman–Crippen MR) is 113 cm³/mol. The van der Waals surface area contributed by atoms with E-state index in [1.54, 1.807) is 13.0 Å². The number of carbonyl (C=O) groups excluding carboxylic acids is 2. The summed E-state index contributed by atoms with van der Waals surface area (Å²) in [5, 5.41) is 6.21. The Bertz CT molecular complexity index is 966. The van der Waals surface area contributed by atoms with E-state index >= 15 is 0 Å². The number of carbonyl (C=O) groups is 2. The van der Waals surface area contributed by atoms with Gasteiger partial charge >= 0.3 is 11.9 Å². The third-order valence-electron chi connectivity index (χ3n) is 5.40. The molecule has 0 amide bonds. The molecule has 0 aliphatic carbocycles. The molecule has 0 saturated carbocycles. The summed E-state index contributed by atoms with van der Waals surface area (Å²) in [5.41, 5.74) is -0.980. The number of ether oxygens (including phenoxy) is 3. The molecule has 2 fully saturated rings. The van der Waals surface area contributed by atoms with E-state index in [1.165, 1.54) is 11.3 Å². The average molecular weight is 451 g/mol. The molecule has 1 N–H and O–H groups in total. The molecular weight excluding hydrogens is 428 g/mol. The molecule has 2 aliphatic heterocycles. The van der Waals surface area contributed by atoms with Gasteiger partial charge in [0.1, 0.15) is 6.10 Å². The average Bonchev–Trinajstić information content (AvgIpc) is 3.36. The van der Waals surface area contributed by atoms with Gasteiger partial charge in [0.2, 0.25) is 0 Å². The summed E-state index contributed by atoms with van der Waals surface area (Å²) < 4.78 is 16.6. The van der Waals surface area contributed by atoms with Crippen LogP contribution in [0.3, 0.4) is 0 Å². The van der Waals surface area contributed by atoms with E-state index in [9.17, 15) is 9.59 Å². The van der Waals surface area contributed by atoms with Gasteiger partial charge in [0.15, 0.2) is 16.1 Å². The summed E-state index contributed by atoms with van der Waals surface area (Å²) in [7, 11) is 0. The van der Waals surface area contributed by atoms with Crippen molar-refractivity contribution in [3.8, 4) is 0 Å². The monoisotopic (exact) mass is 450 g/mol. The molecule has 0 bridgehead atoms. The quantitative estimate of drug-likeness (QED) is 0.379. The molecular formula is C21H23ClN2O5S. The number of nitrogens with zero attached hydrogens (tertiary/aromatic N) is 1. The van der Waals surface area contributed by atoms with Crippen molar-refractivity contribution in [2.75, 3.05) is 18.5 Å². The van der Waals surface area contributed by atoms with Gasteiger partial charge in [-0.2, -0.15) is 0 Å². The Morgan fingerprint density at radius 3 is 2.90 bits per heavy atom. The van der Waals surface area contributed by atoms with E-state index in [2.05, 4.69) is 10.3 Å². The summed E-state index contributed by atoms with van der Waals surface area (Å²) in [6, 6.07) is 7.36. The highest BCUT2D eigenvalue weighted by molar-refractivity contribution is 7.13. The molecule has 3 atom stereocenters. The third kappa shape index (κ3) is 3.79. The number of thiazole rings is 1. The van der Waals surface area contributed by atoms with Crippen molar-refractivity contribution < 1.29 is 23.8 Å². The van der Waals surface area contributed by atoms with Gasteiger partial charge in [-0.15, -0.1) is 11.3 Å². The molecule has 1 spiro atoms. The van der Waals surface area contributed by atoms with Crippen LogP contribution < -0.4 is 5.32 Å². The van der Waals surface area contributed by atoms with Crippen LogP contribution in [-0.2, 0) is 29.4 Å². The Morgan fingerprint density at radius 2 is 2.13 bits per heavy atom. The second-order valence-electron chi connectivity index (χ2n) is 7.83. The molecule has 1 aromatic heterocycles. The van der Waals surface area contributed by atoms with Crippen LogP contribution in [0.2, 0.25) is 5.02 Å². The molecule has 3 heterocycles. The first-order chi connectivity index (χ1) is 14.4. The molecule has 0 radical (unpaired) electrons. The fraction of sp³-hybridized carbons (Fsp3) is 0.476. The Hall–Kier alpha value is -2.16. The molecule has 4 rings (SSSR count). The van der Waals surface area contributed by atoms with Crippen LogP contribution in [0.25, 0.3) is 0 Å². The lowest BCUT2D eigenvalue weighted by molar-refractivity contribution is -0.160. The molecule has 2 aromatic rings. The Labute approximate surface area is 183 Å². The van der Waals surface area contributed by atoms with Crippen LogP contribution in [0.5, 0.6) is 0 Å². The number of anilines is 2. The number of nitrogens with one attached hydrogen (secondary N) is 1. The summed E-state index contributed by atoms with van der Waals surface area (Å²) in [6.07, 6.45) is 0.892. The fourth-order valence-electron chi connectivity index (χ4n) is 3.92. The highest BCUT2D eigenvalue weighted by Crippen LogP contribution is 2.52. The minimum Gasteiger partial charge on any atom is -0.459 e. The van der Waals surface area contributed by atoms with Crippen molar-refractivity contribution in [2.24, 2.45) is 5.41 Å². The number of rotatable bonds is 7. The number of hydrogen-bond donors (Lipinski definition) is 1. The van der Waals surface area contributed by atoms with Crippen LogP contribution in [-0.4, -0.2) is 36.2 Å². The van der Waals surface area contributed by atoms with Crippen molar-refractivity contribution in [2.45, 2.75) is 44.8 Å². The van der Waals surface area contributed by atoms with Crippen LogP contribution in [0.15, 0.2) is 29.6 Å². The molecule has 2 saturated heterocycles. The van der Waals surface area contributed by atoms with E-state index < -0.39 is 29.1 Å². The minimum atomic E-state index is -1.30. The maximum absolute atomic E-state index is 12.8. The first kappa shape index (κ1) is 21.1. The normalized spacial score (nSPS) is 28.0. The summed E-state index contributed by atoms with van der Waals surface area (Å²) in [5.74, 6) is -1.09. The standard InChI is InChI=1S/C21H23ClN2O5S/c1-3-8-27-10-13-9-21(17(25)28-13)12-20(2,29-18(21)26)16-11-30-19(24-16)23-15-7-5-4-6-14(15)22/h4-7,11,13H,3,8-10,12H2,1-2H3,(H,23,24)/t13?,20?,21-/m0/s1. The van der Waals surface area contributed by atoms with Crippen LogP contribution in [0.4, 0.5) is 10.8 Å². The number of para-hydroxylation sites is 1. The Kier molecular flexibility index (Phi) is 5.74. The first-order valence-corrected chi connectivity index (χ1v) is 11.1. The van der Waals surface area contributed by atoms with Crippen molar-refractivity contribution >= 4 is 45.7 Å². The lowest BCUT2D eigenvalue weighted by Gasteiger charge is -2.20. The number of halogens is 1. The molecule has 30 heavy (non-hydrogen) atoms. The highest BCUT2D eigenvalue weighted by Gasteiger charge is 2.65. The van der Waals surface area contributed by atoms with Gasteiger partial charge in [-0.1, -0.05) is 30.7 Å². The van der Waals surface area contributed by atoms with E-state index in [0.29, 0.717) is 22.5 Å². The Morgan fingerprint density at radius 1 is 1.33 bits per heavy atom. The highest BCUT2D eigenvalue weighted by atomic mass is 35.5. The zero-order valence-electron chi connectivity index (χ0n) is 16.8. The number of aromatic nitrogens is 1. The van der Waals surface area contributed by atoms with E-state index in [0.717, 1.165) is 12.1 Å². The van der Waals surface area contributed by atoms with E-state index in [1.807, 2.05) is 30.5 Å². The van der Waals surface area contributed by atoms with E-state index in [4.69, 9.17) is 25.8 Å². The van der Waals surface area contributed by atoms with Gasteiger partial charge in [0, 0.05) is 24.8 Å². The van der Waals surface area contributed by atoms with E-state index in [-0.39, 0.29) is 19.4 Å². The predicted octanol–water partition coefficient (Wildman–Crippen LogP) is 4.43. The maximum atomic E-state index is 12.8. The maximum Gasteiger partial charge on any atom is 0.324 e. The molecule has 160 valence electrons. The lowest BCUT2D eigenvalue weighted by Crippen LogP contribution is -2.32. The molecule has 2 aliphatic rings. The zero-order valence-corrected chi connectivity index (χ0v) is 18.3. The van der Waals surface area contributed by atoms with Gasteiger partial charge in [-0.25, -0.2) is 4.98 Å². The van der Waals surface area contributed by atoms with Crippen LogP contribution in [0.1, 0.15) is 38.8 Å². The van der Waals surface area contributed by atoms with Crippen molar-refractivity contribution in [3.63, 3.8) is 0 Å². The van der Waals surface area contributed by atoms with Crippen molar-refractivity contribution in [1.82, 2.24) is 4.98 Å².